The molecule has 0 saturated heterocycles. The van der Waals surface area contributed by atoms with Gasteiger partial charge in [0.1, 0.15) is 5.82 Å². The minimum absolute atomic E-state index is 0.0154. The van der Waals surface area contributed by atoms with E-state index in [0.717, 1.165) is 0 Å². The Bertz CT molecular complexity index is 1420. The predicted octanol–water partition coefficient (Wildman–Crippen LogP) is 5.36. The van der Waals surface area contributed by atoms with Crippen molar-refractivity contribution in [2.75, 3.05) is 7.11 Å². The smallest absolute Gasteiger partial charge is 0.290 e. The number of aliphatic hydroxyl groups is 1. The zero-order chi connectivity index (χ0) is 23.8. The van der Waals surface area contributed by atoms with E-state index in [-0.39, 0.29) is 17.9 Å². The van der Waals surface area contributed by atoms with Crippen molar-refractivity contribution < 1.29 is 28.2 Å². The van der Waals surface area contributed by atoms with E-state index in [1.165, 1.54) is 24.1 Å². The third-order valence-electron chi connectivity index (χ3n) is 5.88. The van der Waals surface area contributed by atoms with Crippen molar-refractivity contribution in [3.05, 3.63) is 113 Å². The number of carbonyl (C=O) groups is 2. The highest BCUT2D eigenvalue weighted by molar-refractivity contribution is 6.16. The molecule has 0 bridgehead atoms. The van der Waals surface area contributed by atoms with Crippen LogP contribution in [0.3, 0.4) is 0 Å². The summed E-state index contributed by atoms with van der Waals surface area (Å²) < 4.78 is 24.5. The van der Waals surface area contributed by atoms with Crippen molar-refractivity contribution in [1.29, 1.82) is 0 Å². The molecule has 0 fully saturated rings. The van der Waals surface area contributed by atoms with Crippen LogP contribution in [0.2, 0.25) is 0 Å². The lowest BCUT2D eigenvalue weighted by Crippen LogP contribution is -2.30. The first kappa shape index (κ1) is 21.5. The number of aliphatic hydroxyl groups excluding tert-OH is 1. The molecule has 2 heterocycles. The molecule has 5 rings (SSSR count). The number of hydrogen-bond donors (Lipinski definition) is 1. The van der Waals surface area contributed by atoms with Gasteiger partial charge in [-0.1, -0.05) is 54.6 Å². The average molecular weight is 457 g/mol. The van der Waals surface area contributed by atoms with Gasteiger partial charge in [0.2, 0.25) is 5.78 Å². The van der Waals surface area contributed by atoms with Gasteiger partial charge in [-0.3, -0.25) is 9.59 Å². The van der Waals surface area contributed by atoms with E-state index < -0.39 is 29.3 Å². The lowest BCUT2D eigenvalue weighted by Gasteiger charge is -2.26. The summed E-state index contributed by atoms with van der Waals surface area (Å²) in [6.07, 6.45) is 0. The fourth-order valence-electron chi connectivity index (χ4n) is 4.26. The topological polar surface area (TPSA) is 80.0 Å². The van der Waals surface area contributed by atoms with E-state index in [2.05, 4.69) is 0 Å². The number of para-hydroxylation sites is 1. The maximum Gasteiger partial charge on any atom is 0.290 e. The highest BCUT2D eigenvalue weighted by atomic mass is 19.1. The molecule has 0 spiro atoms. The molecule has 1 amide bonds. The highest BCUT2D eigenvalue weighted by Gasteiger charge is 2.44. The van der Waals surface area contributed by atoms with E-state index >= 15 is 0 Å². The molecule has 0 radical (unpaired) electrons. The fraction of sp³-hybridized carbons (Fsp3) is 0.111. The van der Waals surface area contributed by atoms with Crippen LogP contribution in [0.1, 0.15) is 27.7 Å². The predicted molar refractivity (Wildman–Crippen MR) is 123 cm³/mol. The van der Waals surface area contributed by atoms with Crippen LogP contribution in [-0.4, -0.2) is 28.8 Å². The quantitative estimate of drug-likeness (QED) is 0.395. The SMILES string of the molecule is COc1cccc2cc(C(=O)C3=C(O)C(=O)N(Cc4ccc(F)cc4)C3c3ccccc3)oc12. The zero-order valence-electron chi connectivity index (χ0n) is 18.2. The number of amides is 1. The summed E-state index contributed by atoms with van der Waals surface area (Å²) in [6.45, 7) is 0.0769. The summed E-state index contributed by atoms with van der Waals surface area (Å²) in [6, 6.07) is 20.7. The van der Waals surface area contributed by atoms with Crippen molar-refractivity contribution in [2.45, 2.75) is 12.6 Å². The number of ether oxygens (including phenoxy) is 1. The Morgan fingerprint density at radius 1 is 1.06 bits per heavy atom. The fourth-order valence-corrected chi connectivity index (χ4v) is 4.26. The second-order valence-electron chi connectivity index (χ2n) is 7.95. The molecule has 1 aliphatic rings. The van der Waals surface area contributed by atoms with Crippen molar-refractivity contribution in [3.63, 3.8) is 0 Å². The minimum atomic E-state index is -0.846. The van der Waals surface area contributed by atoms with Crippen LogP contribution in [0.4, 0.5) is 4.39 Å². The van der Waals surface area contributed by atoms with Gasteiger partial charge in [0.05, 0.1) is 18.7 Å². The van der Waals surface area contributed by atoms with Crippen molar-refractivity contribution in [1.82, 2.24) is 4.90 Å². The summed E-state index contributed by atoms with van der Waals surface area (Å²) in [7, 11) is 1.50. The first-order chi connectivity index (χ1) is 16.5. The number of methoxy groups -OCH3 is 1. The van der Waals surface area contributed by atoms with Crippen LogP contribution < -0.4 is 4.74 Å². The summed E-state index contributed by atoms with van der Waals surface area (Å²) >= 11 is 0. The Hall–Kier alpha value is -4.39. The largest absolute Gasteiger partial charge is 0.503 e. The van der Waals surface area contributed by atoms with Crippen LogP contribution in [0, 0.1) is 5.82 Å². The molecule has 1 unspecified atom stereocenters. The van der Waals surface area contributed by atoms with Gasteiger partial charge in [0.25, 0.3) is 5.91 Å². The van der Waals surface area contributed by atoms with Crippen molar-refractivity contribution in [3.8, 4) is 5.75 Å². The Morgan fingerprint density at radius 3 is 2.50 bits per heavy atom. The third-order valence-corrected chi connectivity index (χ3v) is 5.88. The van der Waals surface area contributed by atoms with Crippen molar-refractivity contribution in [2.24, 2.45) is 0 Å². The molecule has 7 heteroatoms. The number of ketones is 1. The second-order valence-corrected chi connectivity index (χ2v) is 7.95. The molecular weight excluding hydrogens is 437 g/mol. The number of fused-ring (bicyclic) bond motifs is 1. The normalized spacial score (nSPS) is 15.9. The standard InChI is InChI=1S/C27H20FNO5/c1-33-20-9-5-8-18-14-21(34-26(18)20)24(30)22-23(17-6-3-2-4-7-17)29(27(32)25(22)31)15-16-10-12-19(28)13-11-16/h2-14,23,31H,15H2,1H3. The number of halogens is 1. The van der Waals surface area contributed by atoms with Gasteiger partial charge in [-0.25, -0.2) is 4.39 Å². The minimum Gasteiger partial charge on any atom is -0.503 e. The molecule has 34 heavy (non-hydrogen) atoms. The Kier molecular flexibility index (Phi) is 5.37. The summed E-state index contributed by atoms with van der Waals surface area (Å²) in [5.74, 6) is -1.86. The van der Waals surface area contributed by atoms with E-state index in [1.54, 1.807) is 60.7 Å². The highest BCUT2D eigenvalue weighted by Crippen LogP contribution is 2.41. The maximum absolute atomic E-state index is 13.6. The lowest BCUT2D eigenvalue weighted by atomic mass is 9.95. The number of Topliss-reactive ketones (excluding diaryl/α,β-unsaturated/α-hetero) is 1. The Labute approximate surface area is 194 Å². The van der Waals surface area contributed by atoms with Crippen LogP contribution >= 0.6 is 0 Å². The maximum atomic E-state index is 13.6. The van der Waals surface area contributed by atoms with Crippen LogP contribution in [-0.2, 0) is 11.3 Å². The van der Waals surface area contributed by atoms with Gasteiger partial charge in [0.15, 0.2) is 22.9 Å². The number of benzene rings is 3. The molecule has 1 aromatic heterocycles. The summed E-state index contributed by atoms with van der Waals surface area (Å²) in [4.78, 5) is 28.1. The first-order valence-corrected chi connectivity index (χ1v) is 10.6. The van der Waals surface area contributed by atoms with Gasteiger partial charge >= 0.3 is 0 Å². The first-order valence-electron chi connectivity index (χ1n) is 10.6. The molecule has 0 aliphatic carbocycles. The van der Waals surface area contributed by atoms with E-state index in [0.29, 0.717) is 27.8 Å². The number of nitrogens with zero attached hydrogens (tertiary/aromatic N) is 1. The molecule has 1 N–H and O–H groups in total. The molecule has 6 nitrogen and oxygen atoms in total. The monoisotopic (exact) mass is 457 g/mol. The molecule has 1 atom stereocenters. The Morgan fingerprint density at radius 2 is 1.79 bits per heavy atom. The van der Waals surface area contributed by atoms with E-state index in [1.807, 2.05) is 6.07 Å². The lowest BCUT2D eigenvalue weighted by molar-refractivity contribution is -0.130. The zero-order valence-corrected chi connectivity index (χ0v) is 18.2. The van der Waals surface area contributed by atoms with E-state index in [9.17, 15) is 19.1 Å². The van der Waals surface area contributed by atoms with Gasteiger partial charge in [-0.2, -0.15) is 0 Å². The second kappa shape index (κ2) is 8.51. The van der Waals surface area contributed by atoms with E-state index in [4.69, 9.17) is 9.15 Å². The summed E-state index contributed by atoms with van der Waals surface area (Å²) in [5, 5.41) is 11.5. The van der Waals surface area contributed by atoms with Crippen molar-refractivity contribution >= 4 is 22.7 Å². The number of rotatable bonds is 6. The van der Waals surface area contributed by atoms with Gasteiger partial charge in [0, 0.05) is 11.9 Å². The average Bonchev–Trinajstić information content (AvgIpc) is 3.40. The summed E-state index contributed by atoms with van der Waals surface area (Å²) in [5.41, 5.74) is 1.64. The number of carbonyl (C=O) groups excluding carboxylic acids is 2. The van der Waals surface area contributed by atoms with Crippen LogP contribution in [0.15, 0.2) is 94.6 Å². The van der Waals surface area contributed by atoms with Gasteiger partial charge in [-0.15, -0.1) is 0 Å². The molecule has 170 valence electrons. The molecule has 4 aromatic rings. The number of furan rings is 1. The third kappa shape index (κ3) is 3.61. The molecule has 1 aliphatic heterocycles. The van der Waals surface area contributed by atoms with Crippen LogP contribution in [0.5, 0.6) is 5.75 Å². The number of hydrogen-bond acceptors (Lipinski definition) is 5. The Balaban J connectivity index is 1.59. The van der Waals surface area contributed by atoms with Gasteiger partial charge in [-0.05, 0) is 35.4 Å². The van der Waals surface area contributed by atoms with Gasteiger partial charge < -0.3 is 19.2 Å². The molecule has 3 aromatic carbocycles. The molecular formula is C27H20FNO5. The molecule has 0 saturated carbocycles. The van der Waals surface area contributed by atoms with Crippen LogP contribution in [0.25, 0.3) is 11.0 Å².